The Hall–Kier alpha value is -4.17. The molecule has 0 amide bonds. The molecule has 2 aliphatic rings. The molecule has 5 rings (SSSR count). The number of sulfonamides is 1. The Morgan fingerprint density at radius 1 is 1.03 bits per heavy atom. The predicted molar refractivity (Wildman–Crippen MR) is 127 cm³/mol. The molecule has 0 bridgehead atoms. The van der Waals surface area contributed by atoms with Crippen LogP contribution in [-0.2, 0) is 10.0 Å². The Balaban J connectivity index is 1.30. The first-order valence-electron chi connectivity index (χ1n) is 9.45. The standard InChI is InChI=1S/C19H14N10O2S2/c20-18-24-16-15(17(32)26-18)23-19(25-16)28-27-10-5-7-11(8-6-10)33(30,31)29-14-9-21-12-3-1-2-4-13(12)22-14/h1-9,15H,(H,22,29)(H3,20,23,24,25,26,32). The molecule has 0 aliphatic carbocycles. The van der Waals surface area contributed by atoms with Crippen molar-refractivity contribution in [2.45, 2.75) is 10.9 Å². The highest BCUT2D eigenvalue weighted by atomic mass is 32.2. The summed E-state index contributed by atoms with van der Waals surface area (Å²) < 4.78 is 27.8. The molecule has 12 nitrogen and oxygen atoms in total. The van der Waals surface area contributed by atoms with Gasteiger partial charge in [0.15, 0.2) is 17.8 Å². The van der Waals surface area contributed by atoms with Crippen LogP contribution in [-0.4, -0.2) is 47.2 Å². The van der Waals surface area contributed by atoms with E-state index in [0.717, 1.165) is 0 Å². The fourth-order valence-electron chi connectivity index (χ4n) is 3.03. The molecular formula is C19H14N10O2S2. The predicted octanol–water partition coefficient (Wildman–Crippen LogP) is 1.90. The normalized spacial score (nSPS) is 17.9. The van der Waals surface area contributed by atoms with Crippen molar-refractivity contribution in [3.63, 3.8) is 0 Å². The molecule has 0 fully saturated rings. The third kappa shape index (κ3) is 4.28. The first-order chi connectivity index (χ1) is 15.9. The molecular weight excluding hydrogens is 464 g/mol. The number of aliphatic imine (C=N–C) groups is 3. The molecule has 2 aromatic carbocycles. The van der Waals surface area contributed by atoms with Gasteiger partial charge in [0, 0.05) is 0 Å². The van der Waals surface area contributed by atoms with E-state index in [4.69, 9.17) is 18.0 Å². The number of para-hydroxylation sites is 2. The Bertz CT molecular complexity index is 1510. The summed E-state index contributed by atoms with van der Waals surface area (Å²) >= 11 is 5.13. The zero-order valence-electron chi connectivity index (χ0n) is 16.6. The molecule has 33 heavy (non-hydrogen) atoms. The monoisotopic (exact) mass is 478 g/mol. The highest BCUT2D eigenvalue weighted by molar-refractivity contribution is 7.92. The number of nitrogens with one attached hydrogen (secondary N) is 2. The molecule has 0 saturated heterocycles. The summed E-state index contributed by atoms with van der Waals surface area (Å²) in [5.41, 5.74) is 7.27. The maximum atomic E-state index is 12.7. The zero-order chi connectivity index (χ0) is 23.0. The first-order valence-corrected chi connectivity index (χ1v) is 11.3. The SMILES string of the molecule is NC1=NC(=S)C2N=C(N=Nc3ccc(S(=O)(=O)Nc4cnc5ccccc5n4)cc3)N=C2N1. The summed E-state index contributed by atoms with van der Waals surface area (Å²) in [6, 6.07) is 12.4. The number of azo groups is 1. The number of rotatable bonds is 4. The molecule has 1 atom stereocenters. The number of benzene rings is 2. The second-order valence-corrected chi connectivity index (χ2v) is 8.93. The number of nitrogens with zero attached hydrogens (tertiary/aromatic N) is 7. The topological polar surface area (TPSA) is 172 Å². The molecule has 3 aromatic rings. The van der Waals surface area contributed by atoms with Gasteiger partial charge in [-0.15, -0.1) is 10.2 Å². The van der Waals surface area contributed by atoms with Crippen LogP contribution in [0.4, 0.5) is 11.5 Å². The third-order valence-electron chi connectivity index (χ3n) is 4.53. The van der Waals surface area contributed by atoms with Crippen molar-refractivity contribution in [3.05, 3.63) is 54.7 Å². The molecule has 164 valence electrons. The van der Waals surface area contributed by atoms with Crippen LogP contribution in [0, 0.1) is 0 Å². The number of aromatic nitrogens is 2. The van der Waals surface area contributed by atoms with E-state index in [-0.39, 0.29) is 27.6 Å². The van der Waals surface area contributed by atoms with Crippen LogP contribution < -0.4 is 15.8 Å². The third-order valence-corrected chi connectivity index (χ3v) is 6.22. The fraction of sp³-hybridized carbons (Fsp3) is 0.0526. The van der Waals surface area contributed by atoms with Crippen molar-refractivity contribution in [2.24, 2.45) is 30.9 Å². The van der Waals surface area contributed by atoms with E-state index in [1.807, 2.05) is 6.07 Å². The molecule has 14 heteroatoms. The van der Waals surface area contributed by atoms with E-state index >= 15 is 0 Å². The minimum atomic E-state index is -3.87. The molecule has 1 unspecified atom stereocenters. The molecule has 1 aromatic heterocycles. The number of guanidine groups is 2. The smallest absolute Gasteiger partial charge is 0.267 e. The Kier molecular flexibility index (Phi) is 5.07. The van der Waals surface area contributed by atoms with Gasteiger partial charge < -0.3 is 11.1 Å². The van der Waals surface area contributed by atoms with Gasteiger partial charge in [-0.1, -0.05) is 24.4 Å². The summed E-state index contributed by atoms with van der Waals surface area (Å²) in [6.07, 6.45) is 1.36. The molecule has 4 N–H and O–H groups in total. The van der Waals surface area contributed by atoms with Crippen LogP contribution in [0.25, 0.3) is 11.0 Å². The summed E-state index contributed by atoms with van der Waals surface area (Å²) in [6.45, 7) is 0. The lowest BCUT2D eigenvalue weighted by Crippen LogP contribution is -2.48. The van der Waals surface area contributed by atoms with Crippen molar-refractivity contribution < 1.29 is 8.42 Å². The molecule has 3 heterocycles. The lowest BCUT2D eigenvalue weighted by Gasteiger charge is -2.16. The Morgan fingerprint density at radius 3 is 2.58 bits per heavy atom. The van der Waals surface area contributed by atoms with Crippen molar-refractivity contribution in [1.29, 1.82) is 0 Å². The van der Waals surface area contributed by atoms with Gasteiger partial charge in [-0.05, 0) is 36.4 Å². The highest BCUT2D eigenvalue weighted by Gasteiger charge is 2.31. The number of hydrogen-bond donors (Lipinski definition) is 3. The van der Waals surface area contributed by atoms with E-state index in [2.05, 4.69) is 45.2 Å². The minimum Gasteiger partial charge on any atom is -0.369 e. The number of amidine groups is 1. The van der Waals surface area contributed by atoms with Crippen LogP contribution in [0.1, 0.15) is 0 Å². The molecule has 0 spiro atoms. The van der Waals surface area contributed by atoms with E-state index in [1.54, 1.807) is 18.2 Å². The maximum absolute atomic E-state index is 12.7. The largest absolute Gasteiger partial charge is 0.369 e. The number of hydrogen-bond acceptors (Lipinski definition) is 11. The second kappa shape index (κ2) is 8.07. The number of nitrogens with two attached hydrogens (primary N) is 1. The average Bonchev–Trinajstić information content (AvgIpc) is 3.21. The fourth-order valence-corrected chi connectivity index (χ4v) is 4.28. The van der Waals surface area contributed by atoms with Crippen LogP contribution in [0.5, 0.6) is 0 Å². The average molecular weight is 479 g/mol. The van der Waals surface area contributed by atoms with Gasteiger partial charge in [0.1, 0.15) is 10.8 Å². The Labute approximate surface area is 192 Å². The number of anilines is 1. The van der Waals surface area contributed by atoms with Gasteiger partial charge in [-0.3, -0.25) is 9.71 Å². The zero-order valence-corrected chi connectivity index (χ0v) is 18.2. The van der Waals surface area contributed by atoms with E-state index in [9.17, 15) is 8.42 Å². The second-order valence-electron chi connectivity index (χ2n) is 6.83. The van der Waals surface area contributed by atoms with Crippen molar-refractivity contribution >= 4 is 67.5 Å². The van der Waals surface area contributed by atoms with E-state index < -0.39 is 16.1 Å². The summed E-state index contributed by atoms with van der Waals surface area (Å²) in [4.78, 5) is 21.1. The van der Waals surface area contributed by atoms with Gasteiger partial charge in [-0.25, -0.2) is 23.4 Å². The minimum absolute atomic E-state index is 0.0306. The van der Waals surface area contributed by atoms with Crippen molar-refractivity contribution in [1.82, 2.24) is 15.3 Å². The van der Waals surface area contributed by atoms with Crippen LogP contribution >= 0.6 is 12.2 Å². The van der Waals surface area contributed by atoms with Crippen molar-refractivity contribution in [3.8, 4) is 0 Å². The summed E-state index contributed by atoms with van der Waals surface area (Å²) in [5.74, 6) is 0.797. The molecule has 0 saturated carbocycles. The van der Waals surface area contributed by atoms with Crippen LogP contribution in [0.3, 0.4) is 0 Å². The van der Waals surface area contributed by atoms with Gasteiger partial charge in [0.2, 0.25) is 0 Å². The summed E-state index contributed by atoms with van der Waals surface area (Å²) in [5, 5.41) is 10.8. The van der Waals surface area contributed by atoms with Crippen LogP contribution in [0.15, 0.2) is 84.8 Å². The lowest BCUT2D eigenvalue weighted by molar-refractivity contribution is 0.601. The summed E-state index contributed by atoms with van der Waals surface area (Å²) in [7, 11) is -3.87. The van der Waals surface area contributed by atoms with Gasteiger partial charge in [-0.2, -0.15) is 4.99 Å². The highest BCUT2D eigenvalue weighted by Crippen LogP contribution is 2.21. The molecule has 0 radical (unpaired) electrons. The Morgan fingerprint density at radius 2 is 1.79 bits per heavy atom. The van der Waals surface area contributed by atoms with Crippen molar-refractivity contribution in [2.75, 3.05) is 4.72 Å². The van der Waals surface area contributed by atoms with Gasteiger partial charge in [0.25, 0.3) is 16.0 Å². The lowest BCUT2D eigenvalue weighted by atomic mass is 10.2. The van der Waals surface area contributed by atoms with Gasteiger partial charge >= 0.3 is 0 Å². The van der Waals surface area contributed by atoms with Gasteiger partial charge in [0.05, 0.1) is 27.8 Å². The number of fused-ring (bicyclic) bond motifs is 2. The quantitative estimate of drug-likeness (QED) is 0.379. The molecule has 2 aliphatic heterocycles. The first kappa shape index (κ1) is 20.7. The van der Waals surface area contributed by atoms with E-state index in [0.29, 0.717) is 22.6 Å². The van der Waals surface area contributed by atoms with E-state index in [1.165, 1.54) is 30.5 Å². The number of thiocarbonyl (C=S) groups is 1. The maximum Gasteiger partial charge on any atom is 0.267 e. The van der Waals surface area contributed by atoms with Crippen LogP contribution in [0.2, 0.25) is 0 Å².